The molecule has 24 heavy (non-hydrogen) atoms. The van der Waals surface area contributed by atoms with Crippen LogP contribution < -0.4 is 10.6 Å². The van der Waals surface area contributed by atoms with Crippen LogP contribution in [0.3, 0.4) is 0 Å². The molecule has 2 aromatic rings. The van der Waals surface area contributed by atoms with Crippen LogP contribution in [-0.4, -0.2) is 34.5 Å². The van der Waals surface area contributed by atoms with Gasteiger partial charge in [-0.25, -0.2) is 4.98 Å². The number of benzene rings is 1. The first-order valence-corrected chi connectivity index (χ1v) is 7.38. The lowest BCUT2D eigenvalue weighted by atomic mass is 10.3. The van der Waals surface area contributed by atoms with Gasteiger partial charge >= 0.3 is 6.18 Å². The topological polar surface area (TPSA) is 76.0 Å². The summed E-state index contributed by atoms with van der Waals surface area (Å²) in [5.74, 6) is -2.23. The average Bonchev–Trinajstić information content (AvgIpc) is 2.90. The van der Waals surface area contributed by atoms with Gasteiger partial charge in [0, 0.05) is 6.54 Å². The molecular weight excluding hydrogens is 325 g/mol. The normalized spacial score (nSPS) is 11.5. The zero-order valence-electron chi connectivity index (χ0n) is 13.0. The molecule has 2 rings (SSSR count). The molecule has 2 N–H and O–H groups in total. The average molecular weight is 342 g/mol. The van der Waals surface area contributed by atoms with Gasteiger partial charge in [-0.2, -0.15) is 13.2 Å². The Morgan fingerprint density at radius 1 is 1.17 bits per heavy atom. The van der Waals surface area contributed by atoms with Crippen molar-refractivity contribution in [3.8, 4) is 0 Å². The Labute approximate surface area is 136 Å². The van der Waals surface area contributed by atoms with Crippen molar-refractivity contribution < 1.29 is 22.8 Å². The number of rotatable bonds is 6. The van der Waals surface area contributed by atoms with Gasteiger partial charge in [-0.05, 0) is 18.6 Å². The van der Waals surface area contributed by atoms with Gasteiger partial charge in [0.15, 0.2) is 0 Å². The molecule has 2 amide bonds. The lowest BCUT2D eigenvalue weighted by molar-refractivity contribution is -0.147. The van der Waals surface area contributed by atoms with E-state index < -0.39 is 30.4 Å². The van der Waals surface area contributed by atoms with E-state index in [0.29, 0.717) is 6.54 Å². The highest BCUT2D eigenvalue weighted by Gasteiger charge is 2.37. The first-order chi connectivity index (χ1) is 11.3. The van der Waals surface area contributed by atoms with E-state index in [9.17, 15) is 22.8 Å². The van der Waals surface area contributed by atoms with Gasteiger partial charge < -0.3 is 15.2 Å². The number of carbonyl (C=O) groups excluding carboxylic acids is 2. The first kappa shape index (κ1) is 17.8. The molecule has 6 nitrogen and oxygen atoms in total. The first-order valence-electron chi connectivity index (χ1n) is 7.38. The number of nitrogens with zero attached hydrogens (tertiary/aromatic N) is 2. The Balaban J connectivity index is 2.14. The molecule has 0 radical (unpaired) electrons. The molecule has 1 aromatic carbocycles. The molecule has 0 spiro atoms. The molecule has 0 saturated carbocycles. The van der Waals surface area contributed by atoms with Gasteiger partial charge in [0.05, 0.1) is 17.6 Å². The summed E-state index contributed by atoms with van der Waals surface area (Å²) < 4.78 is 40.1. The summed E-state index contributed by atoms with van der Waals surface area (Å²) in [6.45, 7) is 1.49. The monoisotopic (exact) mass is 342 g/mol. The zero-order chi connectivity index (χ0) is 17.7. The van der Waals surface area contributed by atoms with E-state index >= 15 is 0 Å². The van der Waals surface area contributed by atoms with Crippen LogP contribution >= 0.6 is 0 Å². The number of para-hydroxylation sites is 2. The van der Waals surface area contributed by atoms with Gasteiger partial charge in [-0.1, -0.05) is 19.1 Å². The Morgan fingerprint density at radius 2 is 1.88 bits per heavy atom. The molecule has 0 atom stereocenters. The number of fused-ring (bicyclic) bond motifs is 1. The van der Waals surface area contributed by atoms with Crippen LogP contribution in [0.15, 0.2) is 24.3 Å². The number of carbonyl (C=O) groups is 2. The number of imidazole rings is 1. The minimum Gasteiger partial charge on any atom is -0.355 e. The van der Waals surface area contributed by atoms with E-state index in [2.05, 4.69) is 15.6 Å². The fraction of sp³-hybridized carbons (Fsp3) is 0.400. The minimum atomic E-state index is -4.68. The molecular formula is C15H17F3N4O2. The number of hydrogen-bond donors (Lipinski definition) is 2. The van der Waals surface area contributed by atoms with Crippen LogP contribution in [0.1, 0.15) is 19.2 Å². The van der Waals surface area contributed by atoms with E-state index in [4.69, 9.17) is 0 Å². The maximum absolute atomic E-state index is 13.1. The van der Waals surface area contributed by atoms with Crippen LogP contribution in [0.5, 0.6) is 0 Å². The molecule has 1 heterocycles. The minimum absolute atomic E-state index is 0.151. The van der Waals surface area contributed by atoms with Crippen molar-refractivity contribution >= 4 is 22.8 Å². The molecule has 0 saturated heterocycles. The number of amides is 2. The smallest absolute Gasteiger partial charge is 0.355 e. The maximum Gasteiger partial charge on any atom is 0.449 e. The van der Waals surface area contributed by atoms with Gasteiger partial charge in [0.2, 0.25) is 17.6 Å². The van der Waals surface area contributed by atoms with Crippen molar-refractivity contribution in [3.63, 3.8) is 0 Å². The Morgan fingerprint density at radius 3 is 2.54 bits per heavy atom. The van der Waals surface area contributed by atoms with Gasteiger partial charge in [0.25, 0.3) is 0 Å². The summed E-state index contributed by atoms with van der Waals surface area (Å²) in [5.41, 5.74) is 0.355. The van der Waals surface area contributed by atoms with E-state index in [1.165, 1.54) is 12.1 Å². The summed E-state index contributed by atoms with van der Waals surface area (Å²) in [6.07, 6.45) is -3.94. The van der Waals surface area contributed by atoms with Crippen molar-refractivity contribution in [1.82, 2.24) is 20.2 Å². The van der Waals surface area contributed by atoms with Gasteiger partial charge in [0.1, 0.15) is 6.54 Å². The quantitative estimate of drug-likeness (QED) is 0.839. The van der Waals surface area contributed by atoms with Gasteiger partial charge in [-0.3, -0.25) is 9.59 Å². The number of halogens is 3. The molecule has 9 heteroatoms. The van der Waals surface area contributed by atoms with Crippen molar-refractivity contribution in [2.24, 2.45) is 0 Å². The maximum atomic E-state index is 13.1. The largest absolute Gasteiger partial charge is 0.449 e. The molecule has 0 fully saturated rings. The zero-order valence-corrected chi connectivity index (χ0v) is 13.0. The lowest BCUT2D eigenvalue weighted by Crippen LogP contribution is -2.38. The molecule has 130 valence electrons. The van der Waals surface area contributed by atoms with Crippen molar-refractivity contribution in [1.29, 1.82) is 0 Å². The van der Waals surface area contributed by atoms with Crippen LogP contribution in [0.2, 0.25) is 0 Å². The fourth-order valence-electron chi connectivity index (χ4n) is 2.16. The fourth-order valence-corrected chi connectivity index (χ4v) is 2.16. The molecule has 0 aliphatic heterocycles. The lowest BCUT2D eigenvalue weighted by Gasteiger charge is -2.11. The van der Waals surface area contributed by atoms with Crippen molar-refractivity contribution in [2.75, 3.05) is 13.1 Å². The second-order valence-corrected chi connectivity index (χ2v) is 5.13. The molecule has 1 aromatic heterocycles. The number of aromatic nitrogens is 2. The molecule has 0 aliphatic carbocycles. The second kappa shape index (κ2) is 7.33. The van der Waals surface area contributed by atoms with Crippen molar-refractivity contribution in [2.45, 2.75) is 26.1 Å². The standard InChI is InChI=1S/C15H17F3N4O2/c1-2-7-19-12(23)8-20-13(24)9-22-11-6-4-3-5-10(11)21-14(22)15(16,17)18/h3-6H,2,7-9H2,1H3,(H,19,23)(H,20,24). The summed E-state index contributed by atoms with van der Waals surface area (Å²) in [6, 6.07) is 6.03. The molecule has 0 bridgehead atoms. The Hall–Kier alpha value is -2.58. The highest BCUT2D eigenvalue weighted by atomic mass is 19.4. The summed E-state index contributed by atoms with van der Waals surface area (Å²) in [5, 5.41) is 4.87. The molecule has 0 aliphatic rings. The third-order valence-electron chi connectivity index (χ3n) is 3.23. The summed E-state index contributed by atoms with van der Waals surface area (Å²) in [7, 11) is 0. The number of alkyl halides is 3. The van der Waals surface area contributed by atoms with E-state index in [1.807, 2.05) is 6.92 Å². The third-order valence-corrected chi connectivity index (χ3v) is 3.23. The van der Waals surface area contributed by atoms with Crippen LogP contribution in [0.4, 0.5) is 13.2 Å². The predicted molar refractivity (Wildman–Crippen MR) is 81.0 cm³/mol. The number of nitrogens with one attached hydrogen (secondary N) is 2. The predicted octanol–water partition coefficient (Wildman–Crippen LogP) is 1.70. The summed E-state index contributed by atoms with van der Waals surface area (Å²) >= 11 is 0. The van der Waals surface area contributed by atoms with E-state index in [-0.39, 0.29) is 17.6 Å². The summed E-state index contributed by atoms with van der Waals surface area (Å²) in [4.78, 5) is 26.9. The van der Waals surface area contributed by atoms with Crippen LogP contribution in [0.25, 0.3) is 11.0 Å². The van der Waals surface area contributed by atoms with E-state index in [0.717, 1.165) is 11.0 Å². The van der Waals surface area contributed by atoms with Crippen molar-refractivity contribution in [3.05, 3.63) is 30.1 Å². The highest BCUT2D eigenvalue weighted by Crippen LogP contribution is 2.31. The SMILES string of the molecule is CCCNC(=O)CNC(=O)Cn1c(C(F)(F)F)nc2ccccc21. The van der Waals surface area contributed by atoms with Crippen LogP contribution in [0, 0.1) is 0 Å². The highest BCUT2D eigenvalue weighted by molar-refractivity contribution is 5.85. The third kappa shape index (κ3) is 4.24. The van der Waals surface area contributed by atoms with Gasteiger partial charge in [-0.15, -0.1) is 0 Å². The van der Waals surface area contributed by atoms with E-state index in [1.54, 1.807) is 12.1 Å². The van der Waals surface area contributed by atoms with Crippen LogP contribution in [-0.2, 0) is 22.3 Å². The second-order valence-electron chi connectivity index (χ2n) is 5.13. The number of hydrogen-bond acceptors (Lipinski definition) is 3. The Bertz CT molecular complexity index is 740. The Kier molecular flexibility index (Phi) is 5.42. The molecule has 0 unspecified atom stereocenters.